The van der Waals surface area contributed by atoms with E-state index in [4.69, 9.17) is 21.1 Å². The molecule has 1 N–H and O–H groups in total. The van der Waals surface area contributed by atoms with Crippen molar-refractivity contribution in [3.8, 4) is 11.5 Å². The van der Waals surface area contributed by atoms with Crippen LogP contribution in [0.1, 0.15) is 22.3 Å². The van der Waals surface area contributed by atoms with Crippen molar-refractivity contribution in [1.82, 2.24) is 5.32 Å². The molecular formula is C26H27ClN2O3. The standard InChI is InChI=1S/C26H27ClN2O3/c1-31-25-15-21(9-12-24(25)32-18-19-7-10-22(27)11-8-19)26(30)28-16-20-13-14-29(17-20)23-5-3-2-4-6-23/h2-12,15,20H,13-14,16-18H2,1H3,(H,28,30). The van der Waals surface area contributed by atoms with Crippen LogP contribution in [-0.4, -0.2) is 32.7 Å². The van der Waals surface area contributed by atoms with E-state index < -0.39 is 0 Å². The summed E-state index contributed by atoms with van der Waals surface area (Å²) in [5, 5.41) is 3.76. The molecule has 0 saturated carbocycles. The minimum Gasteiger partial charge on any atom is -0.493 e. The third kappa shape index (κ3) is 5.54. The summed E-state index contributed by atoms with van der Waals surface area (Å²) in [5.41, 5.74) is 2.79. The van der Waals surface area contributed by atoms with Gasteiger partial charge in [0, 0.05) is 35.9 Å². The van der Waals surface area contributed by atoms with E-state index in [1.807, 2.05) is 30.3 Å². The summed E-state index contributed by atoms with van der Waals surface area (Å²) in [6, 6.07) is 23.1. The number of amides is 1. The number of nitrogens with zero attached hydrogens (tertiary/aromatic N) is 1. The molecule has 1 unspecified atom stereocenters. The molecule has 6 heteroatoms. The van der Waals surface area contributed by atoms with Crippen molar-refractivity contribution in [3.05, 3.63) is 88.9 Å². The van der Waals surface area contributed by atoms with Gasteiger partial charge in [-0.1, -0.05) is 41.9 Å². The molecular weight excluding hydrogens is 424 g/mol. The largest absolute Gasteiger partial charge is 0.493 e. The third-order valence-corrected chi connectivity index (χ3v) is 5.94. The summed E-state index contributed by atoms with van der Waals surface area (Å²) < 4.78 is 11.3. The Bertz CT molecular complexity index is 1040. The fourth-order valence-electron chi connectivity index (χ4n) is 3.88. The first kappa shape index (κ1) is 22.0. The third-order valence-electron chi connectivity index (χ3n) is 5.69. The van der Waals surface area contributed by atoms with Crippen LogP contribution in [-0.2, 0) is 6.61 Å². The van der Waals surface area contributed by atoms with Crippen LogP contribution in [0, 0.1) is 5.92 Å². The van der Waals surface area contributed by atoms with E-state index in [0.717, 1.165) is 25.1 Å². The summed E-state index contributed by atoms with van der Waals surface area (Å²) >= 11 is 5.92. The lowest BCUT2D eigenvalue weighted by molar-refractivity contribution is 0.0948. The monoisotopic (exact) mass is 450 g/mol. The second-order valence-electron chi connectivity index (χ2n) is 7.93. The van der Waals surface area contributed by atoms with Crippen molar-refractivity contribution in [2.24, 2.45) is 5.92 Å². The zero-order chi connectivity index (χ0) is 22.3. The normalized spacial score (nSPS) is 15.4. The van der Waals surface area contributed by atoms with E-state index in [1.54, 1.807) is 25.3 Å². The molecule has 0 spiro atoms. The molecule has 0 radical (unpaired) electrons. The maximum atomic E-state index is 12.7. The lowest BCUT2D eigenvalue weighted by atomic mass is 10.1. The maximum absolute atomic E-state index is 12.7. The van der Waals surface area contributed by atoms with Crippen LogP contribution >= 0.6 is 11.6 Å². The minimum atomic E-state index is -0.106. The van der Waals surface area contributed by atoms with E-state index in [-0.39, 0.29) is 5.91 Å². The van der Waals surface area contributed by atoms with E-state index in [9.17, 15) is 4.79 Å². The maximum Gasteiger partial charge on any atom is 0.251 e. The number of ether oxygens (including phenoxy) is 2. The van der Waals surface area contributed by atoms with Gasteiger partial charge in [-0.25, -0.2) is 0 Å². The highest BCUT2D eigenvalue weighted by molar-refractivity contribution is 6.30. The van der Waals surface area contributed by atoms with Crippen LogP contribution < -0.4 is 19.7 Å². The van der Waals surface area contributed by atoms with Gasteiger partial charge in [0.05, 0.1) is 7.11 Å². The summed E-state index contributed by atoms with van der Waals surface area (Å²) in [4.78, 5) is 15.1. The number of benzene rings is 3. The Labute approximate surface area is 193 Å². The summed E-state index contributed by atoms with van der Waals surface area (Å²) in [5.74, 6) is 1.45. The number of hydrogen-bond donors (Lipinski definition) is 1. The SMILES string of the molecule is COc1cc(C(=O)NCC2CCN(c3ccccc3)C2)ccc1OCc1ccc(Cl)cc1. The highest BCUT2D eigenvalue weighted by atomic mass is 35.5. The molecule has 1 aliphatic rings. The van der Waals surface area contributed by atoms with Crippen molar-refractivity contribution < 1.29 is 14.3 Å². The molecule has 1 atom stereocenters. The van der Waals surface area contributed by atoms with Crippen molar-refractivity contribution in [2.75, 3.05) is 31.6 Å². The molecule has 3 aromatic carbocycles. The van der Waals surface area contributed by atoms with Gasteiger partial charge in [-0.15, -0.1) is 0 Å². The van der Waals surface area contributed by atoms with E-state index in [1.165, 1.54) is 5.69 Å². The Morgan fingerprint density at radius 1 is 1.06 bits per heavy atom. The summed E-state index contributed by atoms with van der Waals surface area (Å²) in [6.45, 7) is 3.00. The molecule has 1 aliphatic heterocycles. The Morgan fingerprint density at radius 2 is 1.84 bits per heavy atom. The van der Waals surface area contributed by atoms with Gasteiger partial charge in [-0.05, 0) is 60.4 Å². The highest BCUT2D eigenvalue weighted by Crippen LogP contribution is 2.29. The summed E-state index contributed by atoms with van der Waals surface area (Å²) in [7, 11) is 1.57. The van der Waals surface area contributed by atoms with Gasteiger partial charge in [-0.2, -0.15) is 0 Å². The Hall–Kier alpha value is -3.18. The smallest absolute Gasteiger partial charge is 0.251 e. The second kappa shape index (κ2) is 10.4. The van der Waals surface area contributed by atoms with Gasteiger partial charge in [0.25, 0.3) is 5.91 Å². The fraction of sp³-hybridized carbons (Fsp3) is 0.269. The zero-order valence-corrected chi connectivity index (χ0v) is 18.8. The molecule has 1 saturated heterocycles. The molecule has 4 rings (SSSR count). The average Bonchev–Trinajstić information content (AvgIpc) is 3.32. The quantitative estimate of drug-likeness (QED) is 0.513. The predicted octanol–water partition coefficient (Wildman–Crippen LogP) is 5.18. The van der Waals surface area contributed by atoms with Crippen LogP contribution in [0.3, 0.4) is 0 Å². The number of carbonyl (C=O) groups excluding carboxylic acids is 1. The lowest BCUT2D eigenvalue weighted by Crippen LogP contribution is -2.31. The van der Waals surface area contributed by atoms with Gasteiger partial charge in [0.15, 0.2) is 11.5 Å². The van der Waals surface area contributed by atoms with Crippen LogP contribution in [0.15, 0.2) is 72.8 Å². The first-order valence-corrected chi connectivity index (χ1v) is 11.1. The van der Waals surface area contributed by atoms with Crippen molar-refractivity contribution in [2.45, 2.75) is 13.0 Å². The Morgan fingerprint density at radius 3 is 2.59 bits per heavy atom. The lowest BCUT2D eigenvalue weighted by Gasteiger charge is -2.18. The van der Waals surface area contributed by atoms with Crippen LogP contribution in [0.2, 0.25) is 5.02 Å². The van der Waals surface area contributed by atoms with Crippen molar-refractivity contribution in [3.63, 3.8) is 0 Å². The molecule has 5 nitrogen and oxygen atoms in total. The minimum absolute atomic E-state index is 0.106. The number of anilines is 1. The molecule has 1 amide bonds. The van der Waals surface area contributed by atoms with Gasteiger partial charge in [-0.3, -0.25) is 4.79 Å². The predicted molar refractivity (Wildman–Crippen MR) is 128 cm³/mol. The average molecular weight is 451 g/mol. The molecule has 1 heterocycles. The highest BCUT2D eigenvalue weighted by Gasteiger charge is 2.23. The Balaban J connectivity index is 1.31. The number of rotatable bonds is 8. The van der Waals surface area contributed by atoms with Gasteiger partial charge in [0.2, 0.25) is 0 Å². The van der Waals surface area contributed by atoms with Gasteiger partial charge < -0.3 is 19.7 Å². The molecule has 3 aromatic rings. The second-order valence-corrected chi connectivity index (χ2v) is 8.36. The van der Waals surface area contributed by atoms with E-state index in [0.29, 0.717) is 41.2 Å². The summed E-state index contributed by atoms with van der Waals surface area (Å²) in [6.07, 6.45) is 1.07. The van der Waals surface area contributed by atoms with E-state index >= 15 is 0 Å². The molecule has 166 valence electrons. The number of hydrogen-bond acceptors (Lipinski definition) is 4. The topological polar surface area (TPSA) is 50.8 Å². The first-order chi connectivity index (χ1) is 15.6. The number of carbonyl (C=O) groups is 1. The fourth-order valence-corrected chi connectivity index (χ4v) is 4.01. The molecule has 0 bridgehead atoms. The number of nitrogens with one attached hydrogen (secondary N) is 1. The van der Waals surface area contributed by atoms with Crippen molar-refractivity contribution >= 4 is 23.2 Å². The number of para-hydroxylation sites is 1. The molecule has 32 heavy (non-hydrogen) atoms. The van der Waals surface area contributed by atoms with Gasteiger partial charge in [0.1, 0.15) is 6.61 Å². The number of halogens is 1. The first-order valence-electron chi connectivity index (χ1n) is 10.8. The van der Waals surface area contributed by atoms with Crippen LogP contribution in [0.25, 0.3) is 0 Å². The van der Waals surface area contributed by atoms with E-state index in [2.05, 4.69) is 34.5 Å². The van der Waals surface area contributed by atoms with Gasteiger partial charge >= 0.3 is 0 Å². The van der Waals surface area contributed by atoms with Crippen LogP contribution in [0.4, 0.5) is 5.69 Å². The molecule has 0 aliphatic carbocycles. The Kier molecular flexibility index (Phi) is 7.17. The molecule has 0 aromatic heterocycles. The zero-order valence-electron chi connectivity index (χ0n) is 18.1. The molecule has 1 fully saturated rings. The van der Waals surface area contributed by atoms with Crippen LogP contribution in [0.5, 0.6) is 11.5 Å². The van der Waals surface area contributed by atoms with Crippen molar-refractivity contribution in [1.29, 1.82) is 0 Å². The number of methoxy groups -OCH3 is 1.